The molecule has 1 heterocycles. The highest BCUT2D eigenvalue weighted by Crippen LogP contribution is 2.52. The molecule has 5 atom stereocenters. The fourth-order valence-electron chi connectivity index (χ4n) is 3.95. The van der Waals surface area contributed by atoms with Crippen molar-refractivity contribution in [3.8, 4) is 0 Å². The van der Waals surface area contributed by atoms with Gasteiger partial charge in [-0.05, 0) is 31.6 Å². The number of hydrogen-bond donors (Lipinski definition) is 0. The van der Waals surface area contributed by atoms with E-state index in [1.54, 1.807) is 0 Å². The summed E-state index contributed by atoms with van der Waals surface area (Å²) < 4.78 is 10.8. The summed E-state index contributed by atoms with van der Waals surface area (Å²) >= 11 is 0. The SMILES string of the molecule is C=CC(=O)OC1CC2CC1C(C1CCC(=O)O1)C2. The largest absolute Gasteiger partial charge is 0.462 e. The minimum absolute atomic E-state index is 0.00134. The molecule has 0 aromatic carbocycles. The summed E-state index contributed by atoms with van der Waals surface area (Å²) in [6.45, 7) is 3.43. The normalized spacial score (nSPS) is 41.8. The van der Waals surface area contributed by atoms with Crippen LogP contribution in [0, 0.1) is 17.8 Å². The van der Waals surface area contributed by atoms with Gasteiger partial charge in [-0.3, -0.25) is 4.79 Å². The Morgan fingerprint density at radius 3 is 2.72 bits per heavy atom. The van der Waals surface area contributed by atoms with Crippen LogP contribution in [-0.4, -0.2) is 24.1 Å². The molecule has 2 saturated carbocycles. The van der Waals surface area contributed by atoms with Crippen LogP contribution >= 0.6 is 0 Å². The third kappa shape index (κ3) is 1.93. The number of cyclic esters (lactones) is 1. The summed E-state index contributed by atoms with van der Waals surface area (Å²) in [6.07, 6.45) is 5.82. The highest BCUT2D eigenvalue weighted by atomic mass is 16.6. The molecular formula is C14H18O4. The highest BCUT2D eigenvalue weighted by Gasteiger charge is 2.52. The molecule has 3 aliphatic rings. The van der Waals surface area contributed by atoms with Gasteiger partial charge < -0.3 is 9.47 Å². The minimum atomic E-state index is -0.338. The van der Waals surface area contributed by atoms with E-state index in [4.69, 9.17) is 9.47 Å². The number of carbonyl (C=O) groups is 2. The van der Waals surface area contributed by atoms with Crippen molar-refractivity contribution in [3.63, 3.8) is 0 Å². The number of rotatable bonds is 3. The van der Waals surface area contributed by atoms with E-state index in [0.29, 0.717) is 24.2 Å². The van der Waals surface area contributed by atoms with Crippen LogP contribution in [0.3, 0.4) is 0 Å². The van der Waals surface area contributed by atoms with Crippen LogP contribution in [0.1, 0.15) is 32.1 Å². The van der Waals surface area contributed by atoms with Crippen LogP contribution in [0.15, 0.2) is 12.7 Å². The third-order valence-corrected chi connectivity index (χ3v) is 4.63. The van der Waals surface area contributed by atoms with Crippen LogP contribution < -0.4 is 0 Å². The Hall–Kier alpha value is -1.32. The molecule has 3 fully saturated rings. The Morgan fingerprint density at radius 1 is 1.33 bits per heavy atom. The van der Waals surface area contributed by atoms with Crippen LogP contribution in [0.4, 0.5) is 0 Å². The molecule has 98 valence electrons. The molecule has 4 nitrogen and oxygen atoms in total. The first kappa shape index (κ1) is 11.8. The number of esters is 2. The lowest BCUT2D eigenvalue weighted by molar-refractivity contribution is -0.151. The van der Waals surface area contributed by atoms with Crippen LogP contribution in [0.2, 0.25) is 0 Å². The molecule has 0 N–H and O–H groups in total. The van der Waals surface area contributed by atoms with Gasteiger partial charge in [0.1, 0.15) is 12.2 Å². The average molecular weight is 250 g/mol. The summed E-state index contributed by atoms with van der Waals surface area (Å²) in [5.74, 6) is 0.964. The first-order valence-corrected chi connectivity index (χ1v) is 6.70. The van der Waals surface area contributed by atoms with Gasteiger partial charge in [-0.2, -0.15) is 0 Å². The fourth-order valence-corrected chi connectivity index (χ4v) is 3.95. The first-order valence-electron chi connectivity index (χ1n) is 6.70. The van der Waals surface area contributed by atoms with Crippen molar-refractivity contribution in [2.45, 2.75) is 44.3 Å². The molecule has 1 aliphatic heterocycles. The van der Waals surface area contributed by atoms with Gasteiger partial charge in [0.05, 0.1) is 0 Å². The monoisotopic (exact) mass is 250 g/mol. The van der Waals surface area contributed by atoms with Crippen molar-refractivity contribution in [2.75, 3.05) is 0 Å². The molecule has 2 aliphatic carbocycles. The Kier molecular flexibility index (Phi) is 2.88. The molecule has 0 aromatic rings. The lowest BCUT2D eigenvalue weighted by atomic mass is 9.82. The quantitative estimate of drug-likeness (QED) is 0.566. The fraction of sp³-hybridized carbons (Fsp3) is 0.714. The molecule has 4 heteroatoms. The first-order chi connectivity index (χ1) is 8.67. The van der Waals surface area contributed by atoms with Gasteiger partial charge in [-0.15, -0.1) is 0 Å². The van der Waals surface area contributed by atoms with Crippen LogP contribution in [0.5, 0.6) is 0 Å². The molecule has 5 unspecified atom stereocenters. The maximum Gasteiger partial charge on any atom is 0.330 e. The van der Waals surface area contributed by atoms with Crippen molar-refractivity contribution >= 4 is 11.9 Å². The van der Waals surface area contributed by atoms with Crippen LogP contribution in [-0.2, 0) is 19.1 Å². The van der Waals surface area contributed by atoms with E-state index < -0.39 is 0 Å². The van der Waals surface area contributed by atoms with Crippen molar-refractivity contribution in [2.24, 2.45) is 17.8 Å². The zero-order valence-corrected chi connectivity index (χ0v) is 10.3. The van der Waals surface area contributed by atoms with E-state index in [-0.39, 0.29) is 24.1 Å². The molecule has 0 amide bonds. The third-order valence-electron chi connectivity index (χ3n) is 4.63. The van der Waals surface area contributed by atoms with Crippen molar-refractivity contribution in [1.29, 1.82) is 0 Å². The maximum absolute atomic E-state index is 11.3. The smallest absolute Gasteiger partial charge is 0.330 e. The van der Waals surface area contributed by atoms with Gasteiger partial charge >= 0.3 is 11.9 Å². The number of ether oxygens (including phenoxy) is 2. The zero-order valence-electron chi connectivity index (χ0n) is 10.3. The van der Waals surface area contributed by atoms with E-state index in [1.165, 1.54) is 6.08 Å². The van der Waals surface area contributed by atoms with Crippen molar-refractivity contribution < 1.29 is 19.1 Å². The Labute approximate surface area is 106 Å². The minimum Gasteiger partial charge on any atom is -0.462 e. The van der Waals surface area contributed by atoms with Crippen molar-refractivity contribution in [3.05, 3.63) is 12.7 Å². The second kappa shape index (κ2) is 4.41. The Balaban J connectivity index is 1.66. The molecule has 1 saturated heterocycles. The average Bonchev–Trinajstić information content (AvgIpc) is 3.03. The van der Waals surface area contributed by atoms with Gasteiger partial charge in [0.2, 0.25) is 0 Å². The van der Waals surface area contributed by atoms with Gasteiger partial charge in [0, 0.05) is 24.3 Å². The zero-order chi connectivity index (χ0) is 12.7. The second-order valence-corrected chi connectivity index (χ2v) is 5.65. The van der Waals surface area contributed by atoms with Gasteiger partial charge in [-0.25, -0.2) is 4.79 Å². The molecular weight excluding hydrogens is 232 g/mol. The van der Waals surface area contributed by atoms with E-state index in [0.717, 1.165) is 25.7 Å². The molecule has 0 aromatic heterocycles. The topological polar surface area (TPSA) is 52.6 Å². The van der Waals surface area contributed by atoms with E-state index >= 15 is 0 Å². The molecule has 0 spiro atoms. The number of fused-ring (bicyclic) bond motifs is 2. The standard InChI is InChI=1S/C14H18O4/c1-2-13(15)18-12-7-8-5-9(10(12)6-8)11-3-4-14(16)17-11/h2,8-12H,1,3-7H2. The second-order valence-electron chi connectivity index (χ2n) is 5.65. The molecule has 3 rings (SSSR count). The van der Waals surface area contributed by atoms with E-state index in [2.05, 4.69) is 6.58 Å². The lowest BCUT2D eigenvalue weighted by Crippen LogP contribution is -2.35. The summed E-state index contributed by atoms with van der Waals surface area (Å²) in [5, 5.41) is 0. The predicted molar refractivity (Wildman–Crippen MR) is 63.5 cm³/mol. The summed E-state index contributed by atoms with van der Waals surface area (Å²) in [4.78, 5) is 22.5. The summed E-state index contributed by atoms with van der Waals surface area (Å²) in [5.41, 5.74) is 0. The van der Waals surface area contributed by atoms with E-state index in [9.17, 15) is 9.59 Å². The summed E-state index contributed by atoms with van der Waals surface area (Å²) in [7, 11) is 0. The van der Waals surface area contributed by atoms with Crippen molar-refractivity contribution in [1.82, 2.24) is 0 Å². The molecule has 2 bridgehead atoms. The van der Waals surface area contributed by atoms with Gasteiger partial charge in [0.25, 0.3) is 0 Å². The maximum atomic E-state index is 11.3. The Morgan fingerprint density at radius 2 is 2.11 bits per heavy atom. The van der Waals surface area contributed by atoms with Gasteiger partial charge in [-0.1, -0.05) is 6.58 Å². The molecule has 0 radical (unpaired) electrons. The highest BCUT2D eigenvalue weighted by molar-refractivity contribution is 5.81. The Bertz CT molecular complexity index is 389. The number of hydrogen-bond acceptors (Lipinski definition) is 4. The van der Waals surface area contributed by atoms with Crippen LogP contribution in [0.25, 0.3) is 0 Å². The lowest BCUT2D eigenvalue weighted by Gasteiger charge is -2.31. The molecule has 18 heavy (non-hydrogen) atoms. The van der Waals surface area contributed by atoms with E-state index in [1.807, 2.05) is 0 Å². The number of carbonyl (C=O) groups excluding carboxylic acids is 2. The predicted octanol–water partition coefficient (Wildman–Crippen LogP) is 1.84. The summed E-state index contributed by atoms with van der Waals surface area (Å²) in [6, 6.07) is 0. The van der Waals surface area contributed by atoms with Gasteiger partial charge in [0.15, 0.2) is 0 Å².